The second-order valence-electron chi connectivity index (χ2n) is 10.3. The van der Waals surface area contributed by atoms with E-state index in [1.807, 2.05) is 84.9 Å². The van der Waals surface area contributed by atoms with Crippen molar-refractivity contribution >= 4 is 43.2 Å². The van der Waals surface area contributed by atoms with Gasteiger partial charge in [-0.15, -0.1) is 11.3 Å². The van der Waals surface area contributed by atoms with Gasteiger partial charge in [-0.2, -0.15) is 5.26 Å². The van der Waals surface area contributed by atoms with Crippen LogP contribution in [-0.4, -0.2) is 15.0 Å². The minimum Gasteiger partial charge on any atom is -0.247 e. The van der Waals surface area contributed by atoms with Crippen molar-refractivity contribution in [2.75, 3.05) is 0 Å². The lowest BCUT2D eigenvalue weighted by Crippen LogP contribution is -1.95. The van der Waals surface area contributed by atoms with E-state index in [0.717, 1.165) is 70.4 Å². The molecule has 0 aliphatic carbocycles. The Morgan fingerprint density at radius 2 is 1.05 bits per heavy atom. The van der Waals surface area contributed by atoms with Crippen LogP contribution in [0.1, 0.15) is 5.56 Å². The van der Waals surface area contributed by atoms with Crippen molar-refractivity contribution in [2.45, 2.75) is 0 Å². The lowest BCUT2D eigenvalue weighted by molar-refractivity contribution is 1.23. The van der Waals surface area contributed by atoms with Gasteiger partial charge >= 0.3 is 0 Å². The molecule has 0 aliphatic heterocycles. The molecule has 0 aliphatic rings. The molecular formula is C38H22N4S. The summed E-state index contributed by atoms with van der Waals surface area (Å²) in [5.74, 6) is 0.697. The Labute approximate surface area is 252 Å². The lowest BCUT2D eigenvalue weighted by atomic mass is 9.99. The van der Waals surface area contributed by atoms with Crippen molar-refractivity contribution in [3.05, 3.63) is 139 Å². The average molecular weight is 567 g/mol. The first-order valence-corrected chi connectivity index (χ1v) is 14.8. The van der Waals surface area contributed by atoms with Gasteiger partial charge in [-0.25, -0.2) is 15.0 Å². The summed E-state index contributed by atoms with van der Waals surface area (Å²) in [4.78, 5) is 15.9. The number of thiophene rings is 1. The van der Waals surface area contributed by atoms with Crippen LogP contribution in [0.4, 0.5) is 0 Å². The van der Waals surface area contributed by atoms with Gasteiger partial charge in [0.25, 0.3) is 0 Å². The first kappa shape index (κ1) is 25.0. The minimum atomic E-state index is 0.656. The Bertz CT molecular complexity index is 2340. The van der Waals surface area contributed by atoms with Crippen LogP contribution in [0.5, 0.6) is 0 Å². The minimum absolute atomic E-state index is 0.656. The predicted molar refractivity (Wildman–Crippen MR) is 177 cm³/mol. The molecule has 43 heavy (non-hydrogen) atoms. The molecule has 0 N–H and O–H groups in total. The highest BCUT2D eigenvalue weighted by Gasteiger charge is 2.21. The topological polar surface area (TPSA) is 62.5 Å². The zero-order valence-electron chi connectivity index (χ0n) is 22.9. The number of para-hydroxylation sites is 2. The summed E-state index contributed by atoms with van der Waals surface area (Å²) >= 11 is 1.66. The molecule has 8 rings (SSSR count). The van der Waals surface area contributed by atoms with Crippen LogP contribution in [0.3, 0.4) is 0 Å². The van der Waals surface area contributed by atoms with Gasteiger partial charge in [-0.3, -0.25) is 0 Å². The number of aromatic nitrogens is 3. The fourth-order valence-electron chi connectivity index (χ4n) is 5.69. The Kier molecular flexibility index (Phi) is 5.99. The molecule has 5 heteroatoms. The van der Waals surface area contributed by atoms with Crippen LogP contribution < -0.4 is 0 Å². The third-order valence-electron chi connectivity index (χ3n) is 7.74. The van der Waals surface area contributed by atoms with E-state index >= 15 is 0 Å². The number of nitriles is 1. The van der Waals surface area contributed by atoms with Crippen molar-refractivity contribution in [3.8, 4) is 50.4 Å². The van der Waals surface area contributed by atoms with Gasteiger partial charge in [-0.05, 0) is 17.7 Å². The molecule has 0 amide bonds. The highest BCUT2D eigenvalue weighted by atomic mass is 32.1. The standard InChI is InChI=1S/C38H22N4S/c39-23-30-33-35(24-11-3-1-4-12-24)40-32-18-10-8-16-29(32)37(33)43-36(30)26-21-19-25(20-22-26)34-28-15-7-9-17-31(28)41-38(42-34)27-13-5-2-6-14-27/h1-22H. The molecule has 0 bridgehead atoms. The predicted octanol–water partition coefficient (Wildman–Crippen LogP) is 9.93. The molecule has 3 aromatic heterocycles. The molecule has 0 radical (unpaired) electrons. The Morgan fingerprint density at radius 1 is 0.488 bits per heavy atom. The summed E-state index contributed by atoms with van der Waals surface area (Å²) in [6, 6.07) is 47.4. The largest absolute Gasteiger partial charge is 0.247 e. The lowest BCUT2D eigenvalue weighted by Gasteiger charge is -2.10. The molecule has 0 spiro atoms. The summed E-state index contributed by atoms with van der Waals surface area (Å²) < 4.78 is 1.08. The van der Waals surface area contributed by atoms with Gasteiger partial charge in [-0.1, -0.05) is 121 Å². The summed E-state index contributed by atoms with van der Waals surface area (Å²) in [6.45, 7) is 0. The number of benzene rings is 5. The van der Waals surface area contributed by atoms with Gasteiger partial charge in [0.05, 0.1) is 32.9 Å². The molecule has 8 aromatic rings. The van der Waals surface area contributed by atoms with Crippen LogP contribution in [0.15, 0.2) is 133 Å². The highest BCUT2D eigenvalue weighted by molar-refractivity contribution is 7.23. The van der Waals surface area contributed by atoms with Crippen LogP contribution >= 0.6 is 11.3 Å². The van der Waals surface area contributed by atoms with E-state index in [-0.39, 0.29) is 0 Å². The fraction of sp³-hybridized carbons (Fsp3) is 0. The van der Waals surface area contributed by atoms with Crippen molar-refractivity contribution in [1.82, 2.24) is 15.0 Å². The van der Waals surface area contributed by atoms with E-state index in [1.54, 1.807) is 11.3 Å². The van der Waals surface area contributed by atoms with Crippen LogP contribution in [0.2, 0.25) is 0 Å². The van der Waals surface area contributed by atoms with E-state index in [9.17, 15) is 5.26 Å². The highest BCUT2D eigenvalue weighted by Crippen LogP contribution is 2.45. The van der Waals surface area contributed by atoms with Crippen LogP contribution in [0.25, 0.3) is 76.2 Å². The number of hydrogen-bond donors (Lipinski definition) is 0. The molecule has 3 heterocycles. The normalized spacial score (nSPS) is 11.2. The number of nitrogens with zero attached hydrogens (tertiary/aromatic N) is 4. The van der Waals surface area contributed by atoms with Crippen LogP contribution in [0, 0.1) is 11.3 Å². The number of rotatable bonds is 4. The van der Waals surface area contributed by atoms with E-state index in [2.05, 4.69) is 54.6 Å². The number of pyridine rings is 1. The van der Waals surface area contributed by atoms with Crippen molar-refractivity contribution in [2.24, 2.45) is 0 Å². The third kappa shape index (κ3) is 4.25. The quantitative estimate of drug-likeness (QED) is 0.213. The summed E-state index contributed by atoms with van der Waals surface area (Å²) in [6.07, 6.45) is 0. The molecule has 5 aromatic carbocycles. The zero-order chi connectivity index (χ0) is 28.8. The van der Waals surface area contributed by atoms with Gasteiger partial charge in [0.2, 0.25) is 0 Å². The maximum absolute atomic E-state index is 10.5. The Morgan fingerprint density at radius 3 is 1.74 bits per heavy atom. The van der Waals surface area contributed by atoms with Gasteiger partial charge in [0.15, 0.2) is 5.82 Å². The molecule has 200 valence electrons. The van der Waals surface area contributed by atoms with Crippen LogP contribution in [-0.2, 0) is 0 Å². The van der Waals surface area contributed by atoms with Gasteiger partial charge in [0, 0.05) is 37.5 Å². The van der Waals surface area contributed by atoms with Crippen molar-refractivity contribution in [1.29, 1.82) is 5.26 Å². The second-order valence-corrected chi connectivity index (χ2v) is 11.3. The summed E-state index contributed by atoms with van der Waals surface area (Å²) in [5.41, 5.74) is 8.17. The first-order valence-electron chi connectivity index (χ1n) is 14.0. The SMILES string of the molecule is N#Cc1c(-c2ccc(-c3nc(-c4ccccc4)nc4ccccc34)cc2)sc2c1c(-c1ccccc1)nc1ccccc12. The van der Waals surface area contributed by atoms with Gasteiger partial charge < -0.3 is 0 Å². The van der Waals surface area contributed by atoms with E-state index < -0.39 is 0 Å². The molecular weight excluding hydrogens is 545 g/mol. The average Bonchev–Trinajstić information content (AvgIpc) is 3.48. The van der Waals surface area contributed by atoms with E-state index in [0.29, 0.717) is 11.4 Å². The van der Waals surface area contributed by atoms with E-state index in [4.69, 9.17) is 15.0 Å². The molecule has 0 saturated carbocycles. The number of hydrogen-bond acceptors (Lipinski definition) is 5. The van der Waals surface area contributed by atoms with E-state index in [1.165, 1.54) is 0 Å². The second kappa shape index (κ2) is 10.3. The molecule has 0 atom stereocenters. The monoisotopic (exact) mass is 566 g/mol. The summed E-state index contributed by atoms with van der Waals surface area (Å²) in [5, 5.41) is 13.5. The zero-order valence-corrected chi connectivity index (χ0v) is 23.7. The van der Waals surface area contributed by atoms with Crippen molar-refractivity contribution in [3.63, 3.8) is 0 Å². The Balaban J connectivity index is 1.31. The fourth-order valence-corrected chi connectivity index (χ4v) is 6.98. The molecule has 4 nitrogen and oxygen atoms in total. The van der Waals surface area contributed by atoms with Gasteiger partial charge in [0.1, 0.15) is 6.07 Å². The van der Waals surface area contributed by atoms with Crippen molar-refractivity contribution < 1.29 is 0 Å². The maximum atomic E-state index is 10.5. The molecule has 0 fully saturated rings. The molecule has 0 unspecified atom stereocenters. The number of fused-ring (bicyclic) bond motifs is 4. The smallest absolute Gasteiger partial charge is 0.160 e. The Hall–Kier alpha value is -5.70. The first-order chi connectivity index (χ1) is 21.3. The summed E-state index contributed by atoms with van der Waals surface area (Å²) in [7, 11) is 0. The maximum Gasteiger partial charge on any atom is 0.160 e. The third-order valence-corrected chi connectivity index (χ3v) is 9.01. The molecule has 0 saturated heterocycles.